The van der Waals surface area contributed by atoms with Gasteiger partial charge in [0, 0.05) is 10.9 Å². The van der Waals surface area contributed by atoms with Crippen LogP contribution in [0.3, 0.4) is 0 Å². The Bertz CT molecular complexity index is 2340. The zero-order chi connectivity index (χ0) is 26.9. The van der Waals surface area contributed by atoms with Crippen molar-refractivity contribution in [3.05, 3.63) is 146 Å². The van der Waals surface area contributed by atoms with Gasteiger partial charge in [0.1, 0.15) is 11.5 Å². The second-order valence-electron chi connectivity index (χ2n) is 11.0. The summed E-state index contributed by atoms with van der Waals surface area (Å²) in [4.78, 5) is 0. The molecule has 8 aromatic carbocycles. The van der Waals surface area contributed by atoms with E-state index in [0.717, 1.165) is 17.1 Å². The lowest BCUT2D eigenvalue weighted by Gasteiger charge is -2.22. The van der Waals surface area contributed by atoms with Gasteiger partial charge < -0.3 is 4.74 Å². The smallest absolute Gasteiger partial charge is 0.136 e. The Labute approximate surface area is 237 Å². The molecule has 41 heavy (non-hydrogen) atoms. The van der Waals surface area contributed by atoms with Gasteiger partial charge in [0.15, 0.2) is 0 Å². The Morgan fingerprint density at radius 2 is 0.878 bits per heavy atom. The topological polar surface area (TPSA) is 9.23 Å². The fourth-order valence-electron chi connectivity index (χ4n) is 6.54. The number of ether oxygens (including phenoxy) is 1. The fourth-order valence-corrected chi connectivity index (χ4v) is 6.54. The maximum atomic E-state index is 6.43. The van der Waals surface area contributed by atoms with Gasteiger partial charge >= 0.3 is 0 Å². The van der Waals surface area contributed by atoms with Crippen molar-refractivity contribution in [3.63, 3.8) is 0 Å². The van der Waals surface area contributed by atoms with Crippen molar-refractivity contribution in [1.82, 2.24) is 0 Å². The van der Waals surface area contributed by atoms with Crippen molar-refractivity contribution in [2.75, 3.05) is 0 Å². The molecule has 1 heterocycles. The summed E-state index contributed by atoms with van der Waals surface area (Å²) in [5.41, 5.74) is 7.30. The first-order valence-electron chi connectivity index (χ1n) is 14.1. The number of hydrogen-bond donors (Lipinski definition) is 0. The summed E-state index contributed by atoms with van der Waals surface area (Å²) in [5.74, 6) is 1.85. The fraction of sp³-hybridized carbons (Fsp3) is 0. The molecule has 1 aliphatic heterocycles. The molecule has 0 spiro atoms. The van der Waals surface area contributed by atoms with Crippen LogP contribution in [0.15, 0.2) is 146 Å². The van der Waals surface area contributed by atoms with E-state index in [-0.39, 0.29) is 0 Å². The van der Waals surface area contributed by atoms with Crippen molar-refractivity contribution < 1.29 is 4.74 Å². The standard InChI is InChI=1S/C40H24O/c1-2-7-26-20-27(13-12-25(26)6-1)28-14-15-30-22-31(17-16-29(30)21-28)32-18-19-34-33(23-32)24-39-40-36(34)9-5-10-37(40)35-8-3-4-11-38(35)41-39/h1-24H. The molecule has 1 heteroatoms. The minimum Gasteiger partial charge on any atom is -0.456 e. The van der Waals surface area contributed by atoms with Gasteiger partial charge in [-0.05, 0) is 102 Å². The molecular weight excluding hydrogens is 496 g/mol. The van der Waals surface area contributed by atoms with Crippen LogP contribution in [-0.2, 0) is 0 Å². The van der Waals surface area contributed by atoms with Crippen LogP contribution in [0.25, 0.3) is 76.5 Å². The average molecular weight is 521 g/mol. The summed E-state index contributed by atoms with van der Waals surface area (Å²) in [6, 6.07) is 52.7. The molecule has 0 amide bonds. The van der Waals surface area contributed by atoms with Gasteiger partial charge in [-0.2, -0.15) is 0 Å². The third kappa shape index (κ3) is 3.49. The van der Waals surface area contributed by atoms with Crippen LogP contribution in [0, 0.1) is 0 Å². The predicted octanol–water partition coefficient (Wildman–Crippen LogP) is 11.4. The van der Waals surface area contributed by atoms with Gasteiger partial charge in [-0.1, -0.05) is 109 Å². The highest BCUT2D eigenvalue weighted by Gasteiger charge is 2.21. The SMILES string of the molecule is c1ccc2c(c1)Oc1cc3cc(-c4ccc5cc(-c6ccc7ccccc7c6)ccc5c4)ccc3c3cccc-2c13. The van der Waals surface area contributed by atoms with Gasteiger partial charge in [0.25, 0.3) is 0 Å². The maximum absolute atomic E-state index is 6.43. The number of benzene rings is 8. The zero-order valence-corrected chi connectivity index (χ0v) is 22.3. The van der Waals surface area contributed by atoms with Crippen molar-refractivity contribution in [2.45, 2.75) is 0 Å². The van der Waals surface area contributed by atoms with Gasteiger partial charge in [-0.25, -0.2) is 0 Å². The number of fused-ring (bicyclic) bond motifs is 6. The Balaban J connectivity index is 1.13. The Hall–Kier alpha value is -5.40. The first-order chi connectivity index (χ1) is 20.3. The maximum Gasteiger partial charge on any atom is 0.136 e. The van der Waals surface area contributed by atoms with E-state index in [1.807, 2.05) is 6.07 Å². The van der Waals surface area contributed by atoms with E-state index in [2.05, 4.69) is 140 Å². The molecule has 1 nitrogen and oxygen atoms in total. The van der Waals surface area contributed by atoms with Gasteiger partial charge in [0.2, 0.25) is 0 Å². The third-order valence-corrected chi connectivity index (χ3v) is 8.59. The molecule has 190 valence electrons. The van der Waals surface area contributed by atoms with Gasteiger partial charge in [-0.3, -0.25) is 0 Å². The molecule has 0 N–H and O–H groups in total. The summed E-state index contributed by atoms with van der Waals surface area (Å²) >= 11 is 0. The Kier molecular flexibility index (Phi) is 4.67. The molecule has 0 bridgehead atoms. The van der Waals surface area contributed by atoms with E-state index in [9.17, 15) is 0 Å². The lowest BCUT2D eigenvalue weighted by molar-refractivity contribution is 0.487. The molecule has 8 aromatic rings. The van der Waals surface area contributed by atoms with E-state index in [0.29, 0.717) is 0 Å². The monoisotopic (exact) mass is 520 g/mol. The Morgan fingerprint density at radius 1 is 0.317 bits per heavy atom. The highest BCUT2D eigenvalue weighted by molar-refractivity contribution is 6.17. The second-order valence-corrected chi connectivity index (χ2v) is 11.0. The van der Waals surface area contributed by atoms with E-state index in [1.54, 1.807) is 0 Å². The van der Waals surface area contributed by atoms with E-state index < -0.39 is 0 Å². The van der Waals surface area contributed by atoms with E-state index in [1.165, 1.54) is 70.9 Å². The molecule has 1 aliphatic rings. The largest absolute Gasteiger partial charge is 0.456 e. The zero-order valence-electron chi connectivity index (χ0n) is 22.3. The van der Waals surface area contributed by atoms with Crippen LogP contribution in [0.4, 0.5) is 0 Å². The first-order valence-corrected chi connectivity index (χ1v) is 14.1. The lowest BCUT2D eigenvalue weighted by atomic mass is 9.90. The lowest BCUT2D eigenvalue weighted by Crippen LogP contribution is -1.97. The van der Waals surface area contributed by atoms with Crippen LogP contribution in [0.1, 0.15) is 0 Å². The number of rotatable bonds is 2. The normalized spacial score (nSPS) is 12.1. The van der Waals surface area contributed by atoms with E-state index >= 15 is 0 Å². The van der Waals surface area contributed by atoms with Gasteiger partial charge in [-0.15, -0.1) is 0 Å². The van der Waals surface area contributed by atoms with Crippen LogP contribution in [-0.4, -0.2) is 0 Å². The Morgan fingerprint density at radius 3 is 1.63 bits per heavy atom. The molecule has 0 aliphatic carbocycles. The highest BCUT2D eigenvalue weighted by atomic mass is 16.5. The van der Waals surface area contributed by atoms with E-state index in [4.69, 9.17) is 4.74 Å². The summed E-state index contributed by atoms with van der Waals surface area (Å²) < 4.78 is 6.43. The van der Waals surface area contributed by atoms with Crippen molar-refractivity contribution in [3.8, 4) is 44.9 Å². The van der Waals surface area contributed by atoms with Crippen molar-refractivity contribution >= 4 is 43.1 Å². The molecule has 0 fully saturated rings. The molecule has 0 saturated carbocycles. The van der Waals surface area contributed by atoms with Crippen LogP contribution < -0.4 is 4.74 Å². The van der Waals surface area contributed by atoms with Crippen molar-refractivity contribution in [1.29, 1.82) is 0 Å². The predicted molar refractivity (Wildman–Crippen MR) is 173 cm³/mol. The van der Waals surface area contributed by atoms with Gasteiger partial charge in [0.05, 0.1) is 0 Å². The first kappa shape index (κ1) is 22.4. The minimum absolute atomic E-state index is 0.917. The third-order valence-electron chi connectivity index (χ3n) is 8.59. The summed E-state index contributed by atoms with van der Waals surface area (Å²) in [6.45, 7) is 0. The molecule has 0 saturated heterocycles. The number of para-hydroxylation sites is 1. The summed E-state index contributed by atoms with van der Waals surface area (Å²) in [5, 5.41) is 9.89. The molecule has 0 unspecified atom stereocenters. The quantitative estimate of drug-likeness (QED) is 0.206. The highest BCUT2D eigenvalue weighted by Crippen LogP contribution is 2.48. The molecule has 9 rings (SSSR count). The minimum atomic E-state index is 0.917. The molecular formula is C40H24O. The van der Waals surface area contributed by atoms with Crippen molar-refractivity contribution in [2.24, 2.45) is 0 Å². The second kappa shape index (κ2) is 8.55. The van der Waals surface area contributed by atoms with Crippen LogP contribution in [0.5, 0.6) is 11.5 Å². The number of hydrogen-bond acceptors (Lipinski definition) is 1. The summed E-state index contributed by atoms with van der Waals surface area (Å²) in [6.07, 6.45) is 0. The molecule has 0 atom stereocenters. The van der Waals surface area contributed by atoms with Crippen LogP contribution >= 0.6 is 0 Å². The average Bonchev–Trinajstić information content (AvgIpc) is 3.04. The molecule has 0 radical (unpaired) electrons. The molecule has 0 aromatic heterocycles. The summed E-state index contributed by atoms with van der Waals surface area (Å²) in [7, 11) is 0. The van der Waals surface area contributed by atoms with Crippen LogP contribution in [0.2, 0.25) is 0 Å².